The molecule has 3 aliphatic rings. The summed E-state index contributed by atoms with van der Waals surface area (Å²) in [5, 5.41) is 0. The van der Waals surface area contributed by atoms with E-state index in [-0.39, 0.29) is 11.5 Å². The molecule has 2 fully saturated rings. The van der Waals surface area contributed by atoms with Gasteiger partial charge in [-0.05, 0) is 45.2 Å². The maximum Gasteiger partial charge on any atom is 0.461 e. The summed E-state index contributed by atoms with van der Waals surface area (Å²) < 4.78 is 38.1. The van der Waals surface area contributed by atoms with E-state index >= 15 is 0 Å². The topological polar surface area (TPSA) is 57.2 Å². The van der Waals surface area contributed by atoms with E-state index in [2.05, 4.69) is 20.8 Å². The quantitative estimate of drug-likeness (QED) is 0.669. The van der Waals surface area contributed by atoms with Crippen LogP contribution < -0.4 is 0 Å². The molecule has 0 saturated carbocycles. The fourth-order valence-corrected chi connectivity index (χ4v) is 5.63. The largest absolute Gasteiger partial charge is 0.461 e. The summed E-state index contributed by atoms with van der Waals surface area (Å²) in [4.78, 5) is 0. The third kappa shape index (κ3) is 3.70. The summed E-state index contributed by atoms with van der Waals surface area (Å²) in [5.41, 5.74) is -0.104. The summed E-state index contributed by atoms with van der Waals surface area (Å²) in [6.07, 6.45) is 5.35. The molecule has 0 aromatic heterocycles. The van der Waals surface area contributed by atoms with E-state index in [1.54, 1.807) is 4.67 Å². The number of likely N-dealkylation sites (N-methyl/N-ethyl adjacent to an activating group) is 1. The Hall–Kier alpha value is -0.390. The Morgan fingerprint density at radius 3 is 2.60 bits per heavy atom. The van der Waals surface area contributed by atoms with Crippen LogP contribution in [0.1, 0.15) is 53.4 Å². The monoisotopic (exact) mass is 373 g/mol. The molecule has 3 rings (SSSR count). The summed E-state index contributed by atoms with van der Waals surface area (Å²) in [6, 6.07) is 0.152. The van der Waals surface area contributed by atoms with Crippen molar-refractivity contribution in [3.05, 3.63) is 11.8 Å². The summed E-state index contributed by atoms with van der Waals surface area (Å²) >= 11 is 0. The van der Waals surface area contributed by atoms with Gasteiger partial charge >= 0.3 is 7.75 Å². The molecular weight excluding hydrogens is 341 g/mol. The van der Waals surface area contributed by atoms with Gasteiger partial charge in [0.25, 0.3) is 0 Å². The van der Waals surface area contributed by atoms with Crippen LogP contribution in [0, 0.1) is 11.3 Å². The highest BCUT2D eigenvalue weighted by Crippen LogP contribution is 2.60. The van der Waals surface area contributed by atoms with Crippen LogP contribution in [-0.4, -0.2) is 43.4 Å². The number of rotatable bonds is 5. The van der Waals surface area contributed by atoms with Crippen LogP contribution in [0.2, 0.25) is 0 Å². The molecular formula is C18H32NO5P. The lowest BCUT2D eigenvalue weighted by molar-refractivity contribution is -0.222. The zero-order valence-electron chi connectivity index (χ0n) is 16.1. The summed E-state index contributed by atoms with van der Waals surface area (Å²) in [6.45, 7) is 10.3. The van der Waals surface area contributed by atoms with Gasteiger partial charge in [0.2, 0.25) is 0 Å². The molecule has 1 aliphatic carbocycles. The third-order valence-electron chi connectivity index (χ3n) is 5.96. The van der Waals surface area contributed by atoms with Gasteiger partial charge in [0, 0.05) is 17.9 Å². The van der Waals surface area contributed by atoms with Gasteiger partial charge < -0.3 is 14.0 Å². The number of hydrogen-bond acceptors (Lipinski definition) is 5. The van der Waals surface area contributed by atoms with Crippen LogP contribution in [0.4, 0.5) is 0 Å². The van der Waals surface area contributed by atoms with E-state index < -0.39 is 13.5 Å². The number of nitrogens with zero attached hydrogens (tertiary/aromatic N) is 1. The summed E-state index contributed by atoms with van der Waals surface area (Å²) in [5.74, 6) is 0.742. The maximum absolute atomic E-state index is 13.1. The van der Waals surface area contributed by atoms with Gasteiger partial charge in [0.1, 0.15) is 5.76 Å². The van der Waals surface area contributed by atoms with Crippen molar-refractivity contribution in [1.82, 2.24) is 4.67 Å². The molecule has 0 bridgehead atoms. The normalized spacial score (nSPS) is 39.0. The predicted octanol–water partition coefficient (Wildman–Crippen LogP) is 4.32. The van der Waals surface area contributed by atoms with Crippen molar-refractivity contribution in [3.63, 3.8) is 0 Å². The lowest BCUT2D eigenvalue weighted by Gasteiger charge is -2.44. The van der Waals surface area contributed by atoms with Gasteiger partial charge in [0.15, 0.2) is 5.79 Å². The van der Waals surface area contributed by atoms with Crippen molar-refractivity contribution in [2.24, 2.45) is 11.3 Å². The first-order chi connectivity index (χ1) is 11.7. The standard InChI is InChI=1S/C18H32NO5P/c1-14(2)12-15-13-23-25(20,19(15)5)24-16-6-8-17(3,9-7-16)18(4)21-10-11-22-18/h6,14-15H,7-13H2,1-5H3/t15-,17?,25?/m0/s1. The lowest BCUT2D eigenvalue weighted by Crippen LogP contribution is -2.45. The van der Waals surface area contributed by atoms with Crippen LogP contribution >= 0.6 is 7.75 Å². The highest BCUT2D eigenvalue weighted by Gasteiger charge is 2.51. The molecule has 0 amide bonds. The zero-order chi connectivity index (χ0) is 18.3. The molecule has 2 unspecified atom stereocenters. The van der Waals surface area contributed by atoms with Gasteiger partial charge in [-0.1, -0.05) is 20.8 Å². The molecule has 0 aromatic rings. The first kappa shape index (κ1) is 19.4. The predicted molar refractivity (Wildman–Crippen MR) is 96.0 cm³/mol. The smallest absolute Gasteiger partial charge is 0.418 e. The Kier molecular flexibility index (Phi) is 5.40. The summed E-state index contributed by atoms with van der Waals surface area (Å²) in [7, 11) is -1.38. The first-order valence-corrected chi connectivity index (χ1v) is 10.8. The van der Waals surface area contributed by atoms with E-state index in [1.165, 1.54) is 0 Å². The fraction of sp³-hybridized carbons (Fsp3) is 0.889. The molecule has 2 heterocycles. The van der Waals surface area contributed by atoms with Crippen molar-refractivity contribution in [3.8, 4) is 0 Å². The van der Waals surface area contributed by atoms with Crippen LogP contribution in [-0.2, 0) is 23.1 Å². The minimum atomic E-state index is -3.22. The van der Waals surface area contributed by atoms with Crippen LogP contribution in [0.5, 0.6) is 0 Å². The molecule has 7 heteroatoms. The second kappa shape index (κ2) is 6.97. The van der Waals surface area contributed by atoms with E-state index in [0.29, 0.717) is 25.7 Å². The average Bonchev–Trinajstić information content (AvgIpc) is 3.11. The van der Waals surface area contributed by atoms with Gasteiger partial charge in [-0.25, -0.2) is 4.57 Å². The van der Waals surface area contributed by atoms with E-state index in [0.717, 1.165) is 31.4 Å². The highest BCUT2D eigenvalue weighted by atomic mass is 31.2. The Morgan fingerprint density at radius 2 is 2.04 bits per heavy atom. The van der Waals surface area contributed by atoms with Crippen molar-refractivity contribution in [2.45, 2.75) is 65.2 Å². The van der Waals surface area contributed by atoms with E-state index in [1.807, 2.05) is 20.0 Å². The highest BCUT2D eigenvalue weighted by molar-refractivity contribution is 7.51. The fourth-order valence-electron chi connectivity index (χ4n) is 3.88. The zero-order valence-corrected chi connectivity index (χ0v) is 17.0. The minimum Gasteiger partial charge on any atom is -0.418 e. The average molecular weight is 373 g/mol. The first-order valence-electron chi connectivity index (χ1n) is 9.32. The van der Waals surface area contributed by atoms with E-state index in [9.17, 15) is 4.57 Å². The van der Waals surface area contributed by atoms with Crippen molar-refractivity contribution >= 4 is 7.75 Å². The Morgan fingerprint density at radius 1 is 1.36 bits per heavy atom. The number of allylic oxidation sites excluding steroid dienone is 2. The maximum atomic E-state index is 13.1. The van der Waals surface area contributed by atoms with Gasteiger partial charge in [-0.15, -0.1) is 0 Å². The number of hydrogen-bond donors (Lipinski definition) is 0. The molecule has 25 heavy (non-hydrogen) atoms. The second-order valence-electron chi connectivity index (χ2n) is 8.29. The molecule has 0 aromatic carbocycles. The molecule has 2 aliphatic heterocycles. The molecule has 3 atom stereocenters. The molecule has 0 spiro atoms. The number of ether oxygens (including phenoxy) is 2. The van der Waals surface area contributed by atoms with Crippen molar-refractivity contribution in [2.75, 3.05) is 26.9 Å². The van der Waals surface area contributed by atoms with Gasteiger partial charge in [-0.3, -0.25) is 4.52 Å². The SMILES string of the molecule is CC(C)C[C@H]1COP(=O)(OC2=CCC(C)(C3(C)OCCO3)CC2)N1C. The van der Waals surface area contributed by atoms with E-state index in [4.69, 9.17) is 18.5 Å². The molecule has 144 valence electrons. The Bertz CT molecular complexity index is 572. The van der Waals surface area contributed by atoms with Gasteiger partial charge in [0.05, 0.1) is 19.8 Å². The molecule has 6 nitrogen and oxygen atoms in total. The van der Waals surface area contributed by atoms with Crippen LogP contribution in [0.15, 0.2) is 11.8 Å². The van der Waals surface area contributed by atoms with Crippen molar-refractivity contribution < 1.29 is 23.1 Å². The van der Waals surface area contributed by atoms with Gasteiger partial charge in [-0.2, -0.15) is 4.67 Å². The Balaban J connectivity index is 1.64. The molecule has 0 radical (unpaired) electrons. The lowest BCUT2D eigenvalue weighted by atomic mass is 9.72. The van der Waals surface area contributed by atoms with Crippen LogP contribution in [0.3, 0.4) is 0 Å². The van der Waals surface area contributed by atoms with Crippen LogP contribution in [0.25, 0.3) is 0 Å². The second-order valence-corrected chi connectivity index (χ2v) is 10.3. The van der Waals surface area contributed by atoms with Crippen molar-refractivity contribution in [1.29, 1.82) is 0 Å². The third-order valence-corrected chi connectivity index (χ3v) is 8.00. The Labute approximate surface area is 151 Å². The molecule has 0 N–H and O–H groups in total. The minimum absolute atomic E-state index is 0.104. The molecule has 2 saturated heterocycles.